The molecule has 0 aliphatic heterocycles. The number of nitrogens with one attached hydrogen (secondary N) is 2. The molecule has 6 heteroatoms. The number of carboxylic acid groups (broad SMARTS) is 1. The van der Waals surface area contributed by atoms with Gasteiger partial charge in [0.15, 0.2) is 0 Å². The van der Waals surface area contributed by atoms with Crippen LogP contribution in [-0.4, -0.2) is 48.2 Å². The van der Waals surface area contributed by atoms with Crippen LogP contribution in [0.3, 0.4) is 0 Å². The average molecular weight is 319 g/mol. The predicted molar refractivity (Wildman–Crippen MR) is 88.5 cm³/mol. The summed E-state index contributed by atoms with van der Waals surface area (Å²) in [6, 6.07) is 6.94. The number of carboxylic acids is 1. The first-order chi connectivity index (χ1) is 11.1. The number of benzene rings is 1. The highest BCUT2D eigenvalue weighted by molar-refractivity contribution is 5.87. The minimum atomic E-state index is -0.950. The Morgan fingerprint density at radius 2 is 1.83 bits per heavy atom. The average Bonchev–Trinajstić information content (AvgIpc) is 3.07. The Morgan fingerprint density at radius 3 is 2.43 bits per heavy atom. The lowest BCUT2D eigenvalue weighted by atomic mass is 10.1. The lowest BCUT2D eigenvalue weighted by molar-refractivity contribution is 0.0697. The molecule has 6 nitrogen and oxygen atoms in total. The summed E-state index contributed by atoms with van der Waals surface area (Å²) in [6.07, 6.45) is 5.14. The first kappa shape index (κ1) is 17.3. The maximum absolute atomic E-state index is 11.8. The van der Waals surface area contributed by atoms with Gasteiger partial charge in [0.25, 0.3) is 0 Å². The summed E-state index contributed by atoms with van der Waals surface area (Å²) in [5.74, 6) is -0.950. The fourth-order valence-electron chi connectivity index (χ4n) is 2.88. The van der Waals surface area contributed by atoms with Crippen LogP contribution in [0.4, 0.5) is 4.79 Å². The van der Waals surface area contributed by atoms with Gasteiger partial charge < -0.3 is 20.6 Å². The SMILES string of the molecule is CN(CCNC(=O)NCc1ccc(C(=O)O)cc1)C1CCCC1. The fourth-order valence-corrected chi connectivity index (χ4v) is 2.88. The Bertz CT molecular complexity index is 524. The number of carbonyl (C=O) groups is 2. The molecule has 0 unspecified atom stereocenters. The molecule has 1 aromatic rings. The number of urea groups is 1. The van der Waals surface area contributed by atoms with Crippen molar-refractivity contribution >= 4 is 12.0 Å². The zero-order valence-electron chi connectivity index (χ0n) is 13.5. The van der Waals surface area contributed by atoms with Gasteiger partial charge in [0.2, 0.25) is 0 Å². The fraction of sp³-hybridized carbons (Fsp3) is 0.529. The van der Waals surface area contributed by atoms with Crippen LogP contribution in [0.5, 0.6) is 0 Å². The van der Waals surface area contributed by atoms with Gasteiger partial charge in [0, 0.05) is 25.7 Å². The Morgan fingerprint density at radius 1 is 1.17 bits per heavy atom. The van der Waals surface area contributed by atoms with E-state index < -0.39 is 5.97 Å². The highest BCUT2D eigenvalue weighted by atomic mass is 16.4. The van der Waals surface area contributed by atoms with Crippen LogP contribution >= 0.6 is 0 Å². The van der Waals surface area contributed by atoms with Crippen LogP contribution in [-0.2, 0) is 6.54 Å². The number of hydrogen-bond acceptors (Lipinski definition) is 3. The molecular formula is C17H25N3O3. The molecule has 23 heavy (non-hydrogen) atoms. The van der Waals surface area contributed by atoms with Gasteiger partial charge in [-0.2, -0.15) is 0 Å². The minimum Gasteiger partial charge on any atom is -0.478 e. The number of rotatable bonds is 7. The van der Waals surface area contributed by atoms with E-state index in [9.17, 15) is 9.59 Å². The van der Waals surface area contributed by atoms with Gasteiger partial charge in [-0.3, -0.25) is 0 Å². The van der Waals surface area contributed by atoms with Crippen LogP contribution < -0.4 is 10.6 Å². The zero-order valence-corrected chi connectivity index (χ0v) is 13.5. The van der Waals surface area contributed by atoms with E-state index in [0.29, 0.717) is 19.1 Å². The van der Waals surface area contributed by atoms with Crippen molar-refractivity contribution in [1.82, 2.24) is 15.5 Å². The van der Waals surface area contributed by atoms with Gasteiger partial charge in [-0.15, -0.1) is 0 Å². The summed E-state index contributed by atoms with van der Waals surface area (Å²) in [7, 11) is 2.11. The summed E-state index contributed by atoms with van der Waals surface area (Å²) < 4.78 is 0. The highest BCUT2D eigenvalue weighted by Gasteiger charge is 2.18. The van der Waals surface area contributed by atoms with Gasteiger partial charge in [0.1, 0.15) is 0 Å². The highest BCUT2D eigenvalue weighted by Crippen LogP contribution is 2.21. The maximum atomic E-state index is 11.8. The molecular weight excluding hydrogens is 294 g/mol. The number of amides is 2. The van der Waals surface area contributed by atoms with Gasteiger partial charge in [-0.1, -0.05) is 25.0 Å². The van der Waals surface area contributed by atoms with Gasteiger partial charge >= 0.3 is 12.0 Å². The number of carbonyl (C=O) groups excluding carboxylic acids is 1. The number of aromatic carboxylic acids is 1. The topological polar surface area (TPSA) is 81.7 Å². The quantitative estimate of drug-likeness (QED) is 0.718. The molecule has 0 atom stereocenters. The van der Waals surface area contributed by atoms with Crippen LogP contribution in [0.25, 0.3) is 0 Å². The monoisotopic (exact) mass is 319 g/mol. The first-order valence-corrected chi connectivity index (χ1v) is 8.10. The molecule has 0 aromatic heterocycles. The second kappa shape index (κ2) is 8.53. The third-order valence-corrected chi connectivity index (χ3v) is 4.35. The van der Waals surface area contributed by atoms with Crippen molar-refractivity contribution in [2.45, 2.75) is 38.3 Å². The Labute approximate surface area is 136 Å². The van der Waals surface area contributed by atoms with E-state index >= 15 is 0 Å². The van der Waals surface area contributed by atoms with E-state index in [0.717, 1.165) is 12.1 Å². The molecule has 0 saturated heterocycles. The molecule has 2 rings (SSSR count). The molecule has 1 saturated carbocycles. The molecule has 2 amide bonds. The molecule has 1 aliphatic carbocycles. The summed E-state index contributed by atoms with van der Waals surface area (Å²) >= 11 is 0. The minimum absolute atomic E-state index is 0.202. The van der Waals surface area contributed by atoms with Crippen molar-refractivity contribution in [3.63, 3.8) is 0 Å². The lowest BCUT2D eigenvalue weighted by Crippen LogP contribution is -2.41. The number of likely N-dealkylation sites (N-methyl/N-ethyl adjacent to an activating group) is 1. The second-order valence-corrected chi connectivity index (χ2v) is 6.03. The molecule has 1 aliphatic rings. The van der Waals surface area contributed by atoms with Crippen LogP contribution in [0.2, 0.25) is 0 Å². The van der Waals surface area contributed by atoms with Crippen molar-refractivity contribution in [2.24, 2.45) is 0 Å². The first-order valence-electron chi connectivity index (χ1n) is 8.10. The summed E-state index contributed by atoms with van der Waals surface area (Å²) in [5, 5.41) is 14.5. The van der Waals surface area contributed by atoms with E-state index in [4.69, 9.17) is 5.11 Å². The lowest BCUT2D eigenvalue weighted by Gasteiger charge is -2.23. The number of nitrogens with zero attached hydrogens (tertiary/aromatic N) is 1. The molecule has 3 N–H and O–H groups in total. The molecule has 0 spiro atoms. The summed E-state index contributed by atoms with van der Waals surface area (Å²) in [6.45, 7) is 1.85. The third-order valence-electron chi connectivity index (χ3n) is 4.35. The van der Waals surface area contributed by atoms with Crippen molar-refractivity contribution in [1.29, 1.82) is 0 Å². The van der Waals surface area contributed by atoms with Gasteiger partial charge in [0.05, 0.1) is 5.56 Å². The summed E-state index contributed by atoms with van der Waals surface area (Å²) in [5.41, 5.74) is 1.11. The molecule has 1 aromatic carbocycles. The molecule has 0 heterocycles. The Balaban J connectivity index is 1.63. The molecule has 0 radical (unpaired) electrons. The second-order valence-electron chi connectivity index (χ2n) is 6.03. The summed E-state index contributed by atoms with van der Waals surface area (Å²) in [4.78, 5) is 24.8. The normalized spacial score (nSPS) is 14.9. The maximum Gasteiger partial charge on any atom is 0.335 e. The molecule has 0 bridgehead atoms. The Kier molecular flexibility index (Phi) is 6.40. The van der Waals surface area contributed by atoms with Gasteiger partial charge in [-0.25, -0.2) is 9.59 Å². The van der Waals surface area contributed by atoms with Crippen molar-refractivity contribution in [2.75, 3.05) is 20.1 Å². The van der Waals surface area contributed by atoms with E-state index in [-0.39, 0.29) is 11.6 Å². The number of hydrogen-bond donors (Lipinski definition) is 3. The smallest absolute Gasteiger partial charge is 0.335 e. The predicted octanol–water partition coefficient (Wildman–Crippen LogP) is 2.06. The molecule has 126 valence electrons. The van der Waals surface area contributed by atoms with Crippen molar-refractivity contribution < 1.29 is 14.7 Å². The standard InChI is InChI=1S/C17H25N3O3/c1-20(15-4-2-3-5-15)11-10-18-17(23)19-12-13-6-8-14(9-7-13)16(21)22/h6-9,15H,2-5,10-12H2,1H3,(H,21,22)(H2,18,19,23). The third kappa shape index (κ3) is 5.56. The van der Waals surface area contributed by atoms with Gasteiger partial charge in [-0.05, 0) is 37.6 Å². The Hall–Kier alpha value is -2.08. The van der Waals surface area contributed by atoms with Crippen LogP contribution in [0.1, 0.15) is 41.6 Å². The van der Waals surface area contributed by atoms with E-state index in [2.05, 4.69) is 22.6 Å². The molecule has 1 fully saturated rings. The van der Waals surface area contributed by atoms with E-state index in [1.165, 1.54) is 37.8 Å². The zero-order chi connectivity index (χ0) is 16.7. The van der Waals surface area contributed by atoms with Crippen LogP contribution in [0.15, 0.2) is 24.3 Å². The van der Waals surface area contributed by atoms with Crippen molar-refractivity contribution in [3.05, 3.63) is 35.4 Å². The van der Waals surface area contributed by atoms with Crippen molar-refractivity contribution in [3.8, 4) is 0 Å². The largest absolute Gasteiger partial charge is 0.478 e. The van der Waals surface area contributed by atoms with E-state index in [1.807, 2.05) is 0 Å². The van der Waals surface area contributed by atoms with E-state index in [1.54, 1.807) is 12.1 Å². The van der Waals surface area contributed by atoms with Crippen LogP contribution in [0, 0.1) is 0 Å².